The summed E-state index contributed by atoms with van der Waals surface area (Å²) in [7, 11) is 0. The van der Waals surface area contributed by atoms with Gasteiger partial charge in [0.1, 0.15) is 6.61 Å². The van der Waals surface area contributed by atoms with Gasteiger partial charge < -0.3 is 4.74 Å². The molecule has 1 amide bonds. The lowest BCUT2D eigenvalue weighted by atomic mass is 10.1. The van der Waals surface area contributed by atoms with Gasteiger partial charge in [-0.2, -0.15) is 0 Å². The lowest BCUT2D eigenvalue weighted by Gasteiger charge is -2.17. The van der Waals surface area contributed by atoms with E-state index in [0.717, 1.165) is 5.56 Å². The molecule has 72 valence electrons. The molecule has 0 aromatic heterocycles. The number of fused-ring (bicyclic) bond motifs is 1. The van der Waals surface area contributed by atoms with Crippen molar-refractivity contribution in [2.45, 2.75) is 13.5 Å². The number of carbonyl (C=O) groups excluding carboxylic acids is 2. The highest BCUT2D eigenvalue weighted by Gasteiger charge is 2.16. The summed E-state index contributed by atoms with van der Waals surface area (Å²) in [4.78, 5) is 21.9. The van der Waals surface area contributed by atoms with Crippen LogP contribution >= 0.6 is 0 Å². The van der Waals surface area contributed by atoms with Gasteiger partial charge in [-0.15, -0.1) is 0 Å². The molecule has 0 fully saturated rings. The Morgan fingerprint density at radius 3 is 3.00 bits per heavy atom. The van der Waals surface area contributed by atoms with Crippen molar-refractivity contribution in [3.63, 3.8) is 0 Å². The molecule has 0 spiro atoms. The lowest BCUT2D eigenvalue weighted by Crippen LogP contribution is -2.20. The van der Waals surface area contributed by atoms with Gasteiger partial charge in [0.25, 0.3) is 0 Å². The molecular formula is C10H9NO3. The summed E-state index contributed by atoms with van der Waals surface area (Å²) in [5.41, 5.74) is 2.17. The molecule has 0 aliphatic carbocycles. The van der Waals surface area contributed by atoms with Crippen molar-refractivity contribution < 1.29 is 14.3 Å². The number of benzene rings is 1. The maximum atomic E-state index is 11.1. The molecule has 0 saturated carbocycles. The average molecular weight is 191 g/mol. The van der Waals surface area contributed by atoms with Crippen molar-refractivity contribution in [3.8, 4) is 0 Å². The molecule has 1 aliphatic rings. The van der Waals surface area contributed by atoms with Crippen LogP contribution in [0.2, 0.25) is 0 Å². The first-order chi connectivity index (χ1) is 6.66. The van der Waals surface area contributed by atoms with Crippen molar-refractivity contribution in [3.05, 3.63) is 29.3 Å². The van der Waals surface area contributed by atoms with Crippen LogP contribution in [-0.4, -0.2) is 11.9 Å². The van der Waals surface area contributed by atoms with Gasteiger partial charge in [0.05, 0.1) is 5.69 Å². The van der Waals surface area contributed by atoms with Crippen LogP contribution < -0.4 is 5.32 Å². The van der Waals surface area contributed by atoms with Crippen molar-refractivity contribution >= 4 is 17.6 Å². The Balaban J connectivity index is 2.41. The standard InChI is InChI=1S/C10H9NO3/c1-6(12)7-2-3-9-8(4-7)5-14-10(13)11-9/h2-4H,5H2,1H3,(H,11,13). The van der Waals surface area contributed by atoms with Gasteiger partial charge in [0, 0.05) is 11.1 Å². The first-order valence-corrected chi connectivity index (χ1v) is 4.24. The van der Waals surface area contributed by atoms with E-state index in [-0.39, 0.29) is 12.4 Å². The van der Waals surface area contributed by atoms with Gasteiger partial charge in [-0.1, -0.05) is 0 Å². The zero-order valence-electron chi connectivity index (χ0n) is 7.66. The molecule has 0 radical (unpaired) electrons. The normalized spacial score (nSPS) is 13.9. The highest BCUT2D eigenvalue weighted by atomic mass is 16.5. The predicted molar refractivity (Wildman–Crippen MR) is 50.3 cm³/mol. The van der Waals surface area contributed by atoms with Crippen LogP contribution in [0.25, 0.3) is 0 Å². The first-order valence-electron chi connectivity index (χ1n) is 4.24. The Bertz CT molecular complexity index is 412. The number of nitrogens with one attached hydrogen (secondary N) is 1. The zero-order chi connectivity index (χ0) is 10.1. The van der Waals surface area contributed by atoms with Crippen LogP contribution in [0.4, 0.5) is 10.5 Å². The van der Waals surface area contributed by atoms with E-state index >= 15 is 0 Å². The topological polar surface area (TPSA) is 55.4 Å². The Labute approximate surface area is 80.9 Å². The Hall–Kier alpha value is -1.84. The molecule has 1 aromatic rings. The molecule has 1 aromatic carbocycles. The van der Waals surface area contributed by atoms with E-state index in [9.17, 15) is 9.59 Å². The van der Waals surface area contributed by atoms with E-state index < -0.39 is 6.09 Å². The minimum absolute atomic E-state index is 0.00435. The number of rotatable bonds is 1. The SMILES string of the molecule is CC(=O)c1ccc2c(c1)COC(=O)N2. The second kappa shape index (κ2) is 3.14. The molecule has 4 heteroatoms. The number of anilines is 1. The van der Waals surface area contributed by atoms with Gasteiger partial charge in [-0.25, -0.2) is 4.79 Å². The van der Waals surface area contributed by atoms with E-state index in [4.69, 9.17) is 4.74 Å². The third-order valence-corrected chi connectivity index (χ3v) is 2.11. The molecule has 14 heavy (non-hydrogen) atoms. The molecule has 0 atom stereocenters. The number of amides is 1. The van der Waals surface area contributed by atoms with E-state index in [0.29, 0.717) is 11.3 Å². The summed E-state index contributed by atoms with van der Waals surface area (Å²) >= 11 is 0. The van der Waals surface area contributed by atoms with E-state index in [1.165, 1.54) is 6.92 Å². The molecule has 1 N–H and O–H groups in total. The summed E-state index contributed by atoms with van der Waals surface area (Å²) < 4.78 is 4.78. The number of hydrogen-bond acceptors (Lipinski definition) is 3. The van der Waals surface area contributed by atoms with Gasteiger partial charge in [0.2, 0.25) is 0 Å². The Morgan fingerprint density at radius 2 is 2.29 bits per heavy atom. The smallest absolute Gasteiger partial charge is 0.411 e. The fraction of sp³-hybridized carbons (Fsp3) is 0.200. The fourth-order valence-corrected chi connectivity index (χ4v) is 1.34. The molecule has 0 saturated heterocycles. The average Bonchev–Trinajstić information content (AvgIpc) is 2.16. The van der Waals surface area contributed by atoms with Crippen LogP contribution in [0.15, 0.2) is 18.2 Å². The van der Waals surface area contributed by atoms with E-state index in [1.807, 2.05) is 0 Å². The molecule has 1 heterocycles. The minimum atomic E-state index is -0.451. The third kappa shape index (κ3) is 1.46. The maximum absolute atomic E-state index is 11.1. The number of cyclic esters (lactones) is 1. The van der Waals surface area contributed by atoms with Crippen molar-refractivity contribution in [1.29, 1.82) is 0 Å². The summed E-state index contributed by atoms with van der Waals surface area (Å²) in [5.74, 6) is 0.00435. The van der Waals surface area contributed by atoms with Gasteiger partial charge in [0.15, 0.2) is 5.78 Å². The number of carbonyl (C=O) groups is 2. The molecule has 0 unspecified atom stereocenters. The monoisotopic (exact) mass is 191 g/mol. The zero-order valence-corrected chi connectivity index (χ0v) is 7.66. The predicted octanol–water partition coefficient (Wildman–Crippen LogP) is 1.95. The highest BCUT2D eigenvalue weighted by Crippen LogP contribution is 2.22. The van der Waals surface area contributed by atoms with E-state index in [2.05, 4.69) is 5.32 Å². The number of Topliss-reactive ketones (excluding diaryl/α,β-unsaturated/α-hetero) is 1. The van der Waals surface area contributed by atoms with Crippen LogP contribution in [0, 0.1) is 0 Å². The maximum Gasteiger partial charge on any atom is 0.411 e. The summed E-state index contributed by atoms with van der Waals surface area (Å²) in [5, 5.41) is 2.55. The molecule has 4 nitrogen and oxygen atoms in total. The Morgan fingerprint density at radius 1 is 1.50 bits per heavy atom. The second-order valence-corrected chi connectivity index (χ2v) is 3.13. The van der Waals surface area contributed by atoms with Crippen LogP contribution in [0.3, 0.4) is 0 Å². The molecule has 0 bridgehead atoms. The summed E-state index contributed by atoms with van der Waals surface area (Å²) in [6.45, 7) is 1.73. The quantitative estimate of drug-likeness (QED) is 0.690. The number of hydrogen-bond donors (Lipinski definition) is 1. The van der Waals surface area contributed by atoms with Crippen molar-refractivity contribution in [1.82, 2.24) is 0 Å². The second-order valence-electron chi connectivity index (χ2n) is 3.13. The molecule has 2 rings (SSSR count). The van der Waals surface area contributed by atoms with Gasteiger partial charge in [-0.05, 0) is 25.1 Å². The Kier molecular flexibility index (Phi) is 1.96. The summed E-state index contributed by atoms with van der Waals surface area (Å²) in [6, 6.07) is 5.14. The highest BCUT2D eigenvalue weighted by molar-refractivity contribution is 5.96. The van der Waals surface area contributed by atoms with Crippen molar-refractivity contribution in [2.24, 2.45) is 0 Å². The van der Waals surface area contributed by atoms with E-state index in [1.54, 1.807) is 18.2 Å². The number of ether oxygens (including phenoxy) is 1. The van der Waals surface area contributed by atoms with Crippen LogP contribution in [0.1, 0.15) is 22.8 Å². The van der Waals surface area contributed by atoms with Crippen LogP contribution in [0.5, 0.6) is 0 Å². The fourth-order valence-electron chi connectivity index (χ4n) is 1.34. The van der Waals surface area contributed by atoms with Gasteiger partial charge in [-0.3, -0.25) is 10.1 Å². The first kappa shape index (κ1) is 8.74. The summed E-state index contributed by atoms with van der Waals surface area (Å²) in [6.07, 6.45) is -0.451. The molecule has 1 aliphatic heterocycles. The van der Waals surface area contributed by atoms with Crippen LogP contribution in [-0.2, 0) is 11.3 Å². The van der Waals surface area contributed by atoms with Gasteiger partial charge >= 0.3 is 6.09 Å². The lowest BCUT2D eigenvalue weighted by molar-refractivity contribution is 0.101. The number of ketones is 1. The minimum Gasteiger partial charge on any atom is -0.444 e. The third-order valence-electron chi connectivity index (χ3n) is 2.11. The van der Waals surface area contributed by atoms with Crippen molar-refractivity contribution in [2.75, 3.05) is 5.32 Å². The molecular weight excluding hydrogens is 182 g/mol. The largest absolute Gasteiger partial charge is 0.444 e.